The fraction of sp³-hybridized carbons (Fsp3) is 0.391. The highest BCUT2D eigenvalue weighted by Gasteiger charge is 2.27. The molecule has 2 aliphatic heterocycles. The average Bonchev–Trinajstić information content (AvgIpc) is 3.39. The van der Waals surface area contributed by atoms with Gasteiger partial charge in [-0.3, -0.25) is 0 Å². The number of amides is 2. The molecule has 0 aliphatic carbocycles. The molecule has 0 spiro atoms. The van der Waals surface area contributed by atoms with E-state index in [0.717, 1.165) is 37.3 Å². The molecule has 11 heteroatoms. The van der Waals surface area contributed by atoms with Gasteiger partial charge >= 0.3 is 6.03 Å². The van der Waals surface area contributed by atoms with Gasteiger partial charge in [0.25, 0.3) is 0 Å². The Labute approximate surface area is 200 Å². The van der Waals surface area contributed by atoms with Crippen LogP contribution < -0.4 is 10.6 Å². The second kappa shape index (κ2) is 9.94. The van der Waals surface area contributed by atoms with Crippen LogP contribution in [0.5, 0.6) is 0 Å². The lowest BCUT2D eigenvalue weighted by Crippen LogP contribution is -2.44. The number of carbonyl (C=O) groups excluding carboxylic acids is 1. The topological polar surface area (TPSA) is 105 Å². The van der Waals surface area contributed by atoms with Crippen LogP contribution in [0.3, 0.4) is 0 Å². The summed E-state index contributed by atoms with van der Waals surface area (Å²) in [6, 6.07) is 3.61. The van der Waals surface area contributed by atoms with Gasteiger partial charge in [-0.2, -0.15) is 0 Å². The summed E-state index contributed by atoms with van der Waals surface area (Å²) in [5.74, 6) is 0.368. The molecule has 0 radical (unpaired) electrons. The first kappa shape index (κ1) is 22.5. The van der Waals surface area contributed by atoms with Gasteiger partial charge in [-0.25, -0.2) is 24.1 Å². The third-order valence-corrected chi connectivity index (χ3v) is 6.37. The maximum absolute atomic E-state index is 14.1. The number of benzene rings is 1. The summed E-state index contributed by atoms with van der Waals surface area (Å²) in [5, 5.41) is 6.31. The van der Waals surface area contributed by atoms with Gasteiger partial charge in [0.05, 0.1) is 23.5 Å². The minimum absolute atomic E-state index is 0.00360. The van der Waals surface area contributed by atoms with E-state index in [1.807, 2.05) is 6.20 Å². The molecule has 9 nitrogen and oxygen atoms in total. The molecule has 2 aliphatic rings. The van der Waals surface area contributed by atoms with Crippen molar-refractivity contribution in [2.45, 2.75) is 37.9 Å². The van der Waals surface area contributed by atoms with Crippen LogP contribution in [0.4, 0.5) is 15.1 Å². The van der Waals surface area contributed by atoms with Gasteiger partial charge in [0.1, 0.15) is 11.9 Å². The summed E-state index contributed by atoms with van der Waals surface area (Å²) in [4.78, 5) is 27.9. The molecule has 34 heavy (non-hydrogen) atoms. The lowest BCUT2D eigenvalue weighted by atomic mass is 10.0. The molecular formula is C23H24ClFN6O3. The fourth-order valence-electron chi connectivity index (χ4n) is 4.16. The van der Waals surface area contributed by atoms with E-state index in [2.05, 4.69) is 25.6 Å². The molecule has 5 rings (SSSR count). The molecule has 2 aromatic heterocycles. The molecule has 0 unspecified atom stereocenters. The summed E-state index contributed by atoms with van der Waals surface area (Å²) in [7, 11) is 0. The van der Waals surface area contributed by atoms with E-state index in [9.17, 15) is 9.18 Å². The molecule has 0 saturated carbocycles. The van der Waals surface area contributed by atoms with Gasteiger partial charge in [0.2, 0.25) is 5.95 Å². The number of rotatable bonds is 5. The number of anilines is 1. The highest BCUT2D eigenvalue weighted by Crippen LogP contribution is 2.26. The van der Waals surface area contributed by atoms with Gasteiger partial charge in [0, 0.05) is 32.0 Å². The smallest absolute Gasteiger partial charge is 0.318 e. The molecule has 2 amide bonds. The van der Waals surface area contributed by atoms with Gasteiger partial charge in [-0.05, 0) is 42.5 Å². The minimum atomic E-state index is -0.723. The van der Waals surface area contributed by atoms with E-state index in [0.29, 0.717) is 36.8 Å². The molecule has 1 atom stereocenters. The van der Waals surface area contributed by atoms with Gasteiger partial charge in [-0.15, -0.1) is 0 Å². The highest BCUT2D eigenvalue weighted by atomic mass is 35.5. The van der Waals surface area contributed by atoms with Crippen molar-refractivity contribution in [1.82, 2.24) is 25.2 Å². The number of halogens is 2. The Balaban J connectivity index is 1.30. The molecule has 4 heterocycles. The molecule has 0 bridgehead atoms. The number of nitrogens with zero attached hydrogens (tertiary/aromatic N) is 4. The van der Waals surface area contributed by atoms with Crippen LogP contribution in [-0.4, -0.2) is 51.7 Å². The Morgan fingerprint density at radius 2 is 2.12 bits per heavy atom. The van der Waals surface area contributed by atoms with E-state index in [-0.39, 0.29) is 17.1 Å². The second-order valence-electron chi connectivity index (χ2n) is 8.33. The highest BCUT2D eigenvalue weighted by molar-refractivity contribution is 6.30. The molecule has 1 aromatic carbocycles. The van der Waals surface area contributed by atoms with E-state index in [1.54, 1.807) is 11.0 Å². The predicted molar refractivity (Wildman–Crippen MR) is 122 cm³/mol. The summed E-state index contributed by atoms with van der Waals surface area (Å²) in [5.41, 5.74) is 2.32. The summed E-state index contributed by atoms with van der Waals surface area (Å²) in [6.07, 6.45) is 7.04. The van der Waals surface area contributed by atoms with Gasteiger partial charge < -0.3 is 24.7 Å². The van der Waals surface area contributed by atoms with E-state index < -0.39 is 11.9 Å². The first-order valence-corrected chi connectivity index (χ1v) is 11.5. The maximum Gasteiger partial charge on any atom is 0.318 e. The van der Waals surface area contributed by atoms with Crippen molar-refractivity contribution in [3.8, 4) is 0 Å². The number of ether oxygens (including phenoxy) is 1. The maximum atomic E-state index is 14.1. The van der Waals surface area contributed by atoms with Crippen molar-refractivity contribution in [2.75, 3.05) is 25.1 Å². The molecular weight excluding hydrogens is 463 g/mol. The van der Waals surface area contributed by atoms with Crippen molar-refractivity contribution in [3.63, 3.8) is 0 Å². The fourth-order valence-corrected chi connectivity index (χ4v) is 4.28. The number of urea groups is 1. The number of hydrogen-bond acceptors (Lipinski definition) is 7. The quantitative estimate of drug-likeness (QED) is 0.566. The van der Waals surface area contributed by atoms with E-state index in [4.69, 9.17) is 20.8 Å². The Bertz CT molecular complexity index is 1160. The second-order valence-corrected chi connectivity index (χ2v) is 8.74. The average molecular weight is 487 g/mol. The monoisotopic (exact) mass is 486 g/mol. The number of hydrogen-bond donors (Lipinski definition) is 2. The number of nitrogens with one attached hydrogen (secondary N) is 2. The first-order valence-electron chi connectivity index (χ1n) is 11.1. The van der Waals surface area contributed by atoms with E-state index in [1.165, 1.54) is 24.7 Å². The zero-order chi connectivity index (χ0) is 23.5. The zero-order valence-electron chi connectivity index (χ0n) is 18.3. The van der Waals surface area contributed by atoms with Crippen molar-refractivity contribution in [1.29, 1.82) is 0 Å². The van der Waals surface area contributed by atoms with Crippen molar-refractivity contribution in [3.05, 3.63) is 70.4 Å². The van der Waals surface area contributed by atoms with Crippen molar-refractivity contribution < 1.29 is 18.3 Å². The van der Waals surface area contributed by atoms with Crippen LogP contribution in [0.25, 0.3) is 0 Å². The van der Waals surface area contributed by atoms with Crippen LogP contribution in [0.1, 0.15) is 41.5 Å². The van der Waals surface area contributed by atoms with E-state index >= 15 is 0 Å². The molecule has 178 valence electrons. The minimum Gasteiger partial charge on any atom is -0.446 e. The molecule has 2 N–H and O–H groups in total. The number of carbonyl (C=O) groups is 1. The van der Waals surface area contributed by atoms with Crippen LogP contribution in [-0.2, 0) is 17.7 Å². The number of oxazole rings is 1. The SMILES string of the molecule is O=C(N[C@@H](c1ccc(Cl)c(F)c1)c1cnco1)N1CCc2cnc(NC3CCOCC3)nc2C1. The summed E-state index contributed by atoms with van der Waals surface area (Å²) in [6.45, 7) is 2.29. The molecule has 1 fully saturated rings. The Hall–Kier alpha value is -3.24. The van der Waals surface area contributed by atoms with Gasteiger partial charge in [-0.1, -0.05) is 17.7 Å². The van der Waals surface area contributed by atoms with Crippen molar-refractivity contribution >= 4 is 23.6 Å². The van der Waals surface area contributed by atoms with Crippen LogP contribution in [0, 0.1) is 5.82 Å². The van der Waals surface area contributed by atoms with Gasteiger partial charge in [0.15, 0.2) is 12.2 Å². The normalized spacial score (nSPS) is 17.2. The standard InChI is InChI=1S/C23H24ClFN6O3/c24-17-2-1-14(9-18(17)25)21(20-11-26-13-34-20)30-23(32)31-6-3-15-10-27-22(29-19(15)12-31)28-16-4-7-33-8-5-16/h1-2,9-11,13,16,21H,3-8,12H2,(H,30,32)(H,27,28,29)/t21-/m0/s1. The predicted octanol–water partition coefficient (Wildman–Crippen LogP) is 3.71. The lowest BCUT2D eigenvalue weighted by molar-refractivity contribution is 0.0903. The third kappa shape index (κ3) is 4.97. The number of fused-ring (bicyclic) bond motifs is 1. The van der Waals surface area contributed by atoms with Crippen molar-refractivity contribution in [2.24, 2.45) is 0 Å². The Kier molecular flexibility index (Phi) is 6.59. The first-order chi connectivity index (χ1) is 16.6. The lowest BCUT2D eigenvalue weighted by Gasteiger charge is -2.30. The Morgan fingerprint density at radius 3 is 2.88 bits per heavy atom. The molecule has 3 aromatic rings. The molecule has 1 saturated heterocycles. The number of aromatic nitrogens is 3. The zero-order valence-corrected chi connectivity index (χ0v) is 19.1. The summed E-state index contributed by atoms with van der Waals surface area (Å²) < 4.78 is 24.9. The van der Waals surface area contributed by atoms with Crippen LogP contribution in [0.2, 0.25) is 5.02 Å². The van der Waals surface area contributed by atoms with Crippen LogP contribution >= 0.6 is 11.6 Å². The largest absolute Gasteiger partial charge is 0.446 e. The Morgan fingerprint density at radius 1 is 1.26 bits per heavy atom. The van der Waals surface area contributed by atoms with Crippen LogP contribution in [0.15, 0.2) is 41.4 Å². The third-order valence-electron chi connectivity index (χ3n) is 6.07. The summed E-state index contributed by atoms with van der Waals surface area (Å²) >= 11 is 5.83.